The summed E-state index contributed by atoms with van der Waals surface area (Å²) in [7, 11) is 0. The second-order valence-electron chi connectivity index (χ2n) is 5.33. The van der Waals surface area contributed by atoms with Crippen LogP contribution in [0, 0.1) is 0 Å². The van der Waals surface area contributed by atoms with Gasteiger partial charge < -0.3 is 11.1 Å². The van der Waals surface area contributed by atoms with Crippen molar-refractivity contribution in [3.63, 3.8) is 0 Å². The Labute approximate surface area is 112 Å². The molecular formula is C14H21BrN2. The van der Waals surface area contributed by atoms with Gasteiger partial charge >= 0.3 is 0 Å². The minimum atomic E-state index is 0.326. The van der Waals surface area contributed by atoms with Crippen molar-refractivity contribution in [2.75, 3.05) is 5.73 Å². The predicted molar refractivity (Wildman–Crippen MR) is 76.9 cm³/mol. The summed E-state index contributed by atoms with van der Waals surface area (Å²) in [4.78, 5) is 0. The van der Waals surface area contributed by atoms with E-state index in [0.717, 1.165) is 16.7 Å². The molecule has 3 N–H and O–H groups in total. The summed E-state index contributed by atoms with van der Waals surface area (Å²) in [6.45, 7) is 3.27. The summed E-state index contributed by atoms with van der Waals surface area (Å²) in [5.74, 6) is 0. The normalized spacial score (nSPS) is 19.2. The van der Waals surface area contributed by atoms with Crippen molar-refractivity contribution >= 4 is 21.6 Å². The van der Waals surface area contributed by atoms with Gasteiger partial charge in [-0.2, -0.15) is 0 Å². The molecule has 0 saturated heterocycles. The molecular weight excluding hydrogens is 276 g/mol. The van der Waals surface area contributed by atoms with Gasteiger partial charge in [0.2, 0.25) is 0 Å². The quantitative estimate of drug-likeness (QED) is 0.832. The molecule has 17 heavy (non-hydrogen) atoms. The zero-order valence-corrected chi connectivity index (χ0v) is 12.0. The zero-order chi connectivity index (χ0) is 12.3. The van der Waals surface area contributed by atoms with Crippen LogP contribution in [0.3, 0.4) is 0 Å². The van der Waals surface area contributed by atoms with E-state index in [9.17, 15) is 0 Å². The van der Waals surface area contributed by atoms with Gasteiger partial charge in [-0.15, -0.1) is 0 Å². The first-order valence-electron chi connectivity index (χ1n) is 6.38. The third kappa shape index (κ3) is 3.46. The minimum absolute atomic E-state index is 0.326. The van der Waals surface area contributed by atoms with Crippen molar-refractivity contribution in [1.29, 1.82) is 0 Å². The first-order valence-corrected chi connectivity index (χ1v) is 7.17. The fourth-order valence-electron chi connectivity index (χ4n) is 2.50. The monoisotopic (exact) mass is 296 g/mol. The highest BCUT2D eigenvalue weighted by atomic mass is 79.9. The van der Waals surface area contributed by atoms with Crippen LogP contribution < -0.4 is 11.1 Å². The Hall–Kier alpha value is -0.540. The lowest BCUT2D eigenvalue weighted by Gasteiger charge is -2.35. The Bertz CT molecular complexity index is 384. The molecule has 1 aliphatic carbocycles. The number of anilines is 1. The van der Waals surface area contributed by atoms with Crippen LogP contribution in [-0.4, -0.2) is 5.54 Å². The summed E-state index contributed by atoms with van der Waals surface area (Å²) < 4.78 is 0.991. The van der Waals surface area contributed by atoms with Crippen LogP contribution in [0.2, 0.25) is 0 Å². The smallest absolute Gasteiger partial charge is 0.0458 e. The molecule has 1 fully saturated rings. The topological polar surface area (TPSA) is 38.0 Å². The number of nitrogen functional groups attached to an aromatic ring is 1. The molecule has 0 aromatic heterocycles. The van der Waals surface area contributed by atoms with E-state index in [0.29, 0.717) is 5.54 Å². The summed E-state index contributed by atoms with van der Waals surface area (Å²) in [6, 6.07) is 6.16. The van der Waals surface area contributed by atoms with Crippen LogP contribution in [0.4, 0.5) is 5.69 Å². The second-order valence-corrected chi connectivity index (χ2v) is 6.19. The molecule has 3 heteroatoms. The average molecular weight is 297 g/mol. The largest absolute Gasteiger partial charge is 0.398 e. The summed E-state index contributed by atoms with van der Waals surface area (Å²) in [5.41, 5.74) is 8.20. The highest BCUT2D eigenvalue weighted by Crippen LogP contribution is 2.28. The van der Waals surface area contributed by atoms with E-state index >= 15 is 0 Å². The van der Waals surface area contributed by atoms with Crippen molar-refractivity contribution in [1.82, 2.24) is 5.32 Å². The van der Waals surface area contributed by atoms with E-state index in [2.05, 4.69) is 40.3 Å². The van der Waals surface area contributed by atoms with E-state index in [1.165, 1.54) is 37.7 Å². The molecule has 0 bridgehead atoms. The maximum atomic E-state index is 5.79. The SMILES string of the molecule is CC1(NCc2ccc(N)c(Br)c2)CCCCC1. The molecule has 2 nitrogen and oxygen atoms in total. The Kier molecular flexibility index (Phi) is 4.10. The van der Waals surface area contributed by atoms with Crippen molar-refractivity contribution in [2.24, 2.45) is 0 Å². The van der Waals surface area contributed by atoms with Crippen LogP contribution in [0.5, 0.6) is 0 Å². The minimum Gasteiger partial charge on any atom is -0.398 e. The van der Waals surface area contributed by atoms with Gasteiger partial charge in [0.05, 0.1) is 0 Å². The number of hydrogen-bond acceptors (Lipinski definition) is 2. The number of hydrogen-bond donors (Lipinski definition) is 2. The Balaban J connectivity index is 1.94. The van der Waals surface area contributed by atoms with Gasteiger partial charge in [-0.1, -0.05) is 25.3 Å². The number of benzene rings is 1. The van der Waals surface area contributed by atoms with E-state index in [1.807, 2.05) is 6.07 Å². The van der Waals surface area contributed by atoms with Gasteiger partial charge in [-0.05, 0) is 53.4 Å². The second kappa shape index (κ2) is 5.40. The number of nitrogens with one attached hydrogen (secondary N) is 1. The van der Waals surface area contributed by atoms with Crippen molar-refractivity contribution < 1.29 is 0 Å². The molecule has 0 heterocycles. The summed E-state index contributed by atoms with van der Waals surface area (Å²) in [6.07, 6.45) is 6.70. The number of halogens is 1. The third-order valence-electron chi connectivity index (χ3n) is 3.74. The van der Waals surface area contributed by atoms with Gasteiger partial charge in [0.1, 0.15) is 0 Å². The van der Waals surface area contributed by atoms with Gasteiger partial charge in [0, 0.05) is 22.2 Å². The van der Waals surface area contributed by atoms with Gasteiger partial charge in [-0.25, -0.2) is 0 Å². The van der Waals surface area contributed by atoms with Crippen molar-refractivity contribution in [3.8, 4) is 0 Å². The fraction of sp³-hybridized carbons (Fsp3) is 0.571. The van der Waals surface area contributed by atoms with E-state index in [1.54, 1.807) is 0 Å². The van der Waals surface area contributed by atoms with Gasteiger partial charge in [0.15, 0.2) is 0 Å². The zero-order valence-electron chi connectivity index (χ0n) is 10.4. The molecule has 2 rings (SSSR count). The number of rotatable bonds is 3. The maximum absolute atomic E-state index is 5.79. The molecule has 0 radical (unpaired) electrons. The molecule has 0 unspecified atom stereocenters. The molecule has 1 saturated carbocycles. The molecule has 0 spiro atoms. The molecule has 1 aromatic carbocycles. The van der Waals surface area contributed by atoms with E-state index in [4.69, 9.17) is 5.73 Å². The molecule has 1 aliphatic rings. The molecule has 94 valence electrons. The molecule has 1 aromatic rings. The number of nitrogens with two attached hydrogens (primary N) is 1. The third-order valence-corrected chi connectivity index (χ3v) is 4.43. The first kappa shape index (κ1) is 12.9. The standard InChI is InChI=1S/C14H21BrN2/c1-14(7-3-2-4-8-14)17-10-11-5-6-13(16)12(15)9-11/h5-6,9,17H,2-4,7-8,10,16H2,1H3. The van der Waals surface area contributed by atoms with Crippen LogP contribution in [0.1, 0.15) is 44.6 Å². The van der Waals surface area contributed by atoms with Gasteiger partial charge in [0.25, 0.3) is 0 Å². The Morgan fingerprint density at radius 3 is 2.65 bits per heavy atom. The Morgan fingerprint density at radius 1 is 1.29 bits per heavy atom. The highest BCUT2D eigenvalue weighted by molar-refractivity contribution is 9.10. The van der Waals surface area contributed by atoms with Crippen molar-refractivity contribution in [3.05, 3.63) is 28.2 Å². The molecule has 0 amide bonds. The fourth-order valence-corrected chi connectivity index (χ4v) is 2.93. The predicted octanol–water partition coefficient (Wildman–Crippen LogP) is 3.84. The average Bonchev–Trinajstić information content (AvgIpc) is 2.32. The Morgan fingerprint density at radius 2 is 2.00 bits per heavy atom. The lowest BCUT2D eigenvalue weighted by Crippen LogP contribution is -2.43. The van der Waals surface area contributed by atoms with Crippen molar-refractivity contribution in [2.45, 2.75) is 51.1 Å². The van der Waals surface area contributed by atoms with E-state index in [-0.39, 0.29) is 0 Å². The lowest BCUT2D eigenvalue weighted by atomic mass is 9.83. The molecule has 0 aliphatic heterocycles. The van der Waals surface area contributed by atoms with Crippen LogP contribution in [0.25, 0.3) is 0 Å². The van der Waals surface area contributed by atoms with Crippen LogP contribution in [0.15, 0.2) is 22.7 Å². The molecule has 0 atom stereocenters. The maximum Gasteiger partial charge on any atom is 0.0458 e. The summed E-state index contributed by atoms with van der Waals surface area (Å²) in [5, 5.41) is 3.70. The highest BCUT2D eigenvalue weighted by Gasteiger charge is 2.25. The summed E-state index contributed by atoms with van der Waals surface area (Å²) >= 11 is 3.47. The lowest BCUT2D eigenvalue weighted by molar-refractivity contribution is 0.252. The van der Waals surface area contributed by atoms with E-state index < -0.39 is 0 Å². The van der Waals surface area contributed by atoms with Crippen LogP contribution >= 0.6 is 15.9 Å². The first-order chi connectivity index (χ1) is 8.09. The van der Waals surface area contributed by atoms with Gasteiger partial charge in [-0.3, -0.25) is 0 Å². The van der Waals surface area contributed by atoms with Crippen LogP contribution in [-0.2, 0) is 6.54 Å².